The molecule has 0 N–H and O–H groups in total. The van der Waals surface area contributed by atoms with Crippen molar-refractivity contribution in [1.29, 1.82) is 0 Å². The van der Waals surface area contributed by atoms with Crippen LogP contribution in [0.15, 0.2) is 30.7 Å². The van der Waals surface area contributed by atoms with Crippen LogP contribution in [0.4, 0.5) is 0 Å². The molecule has 0 unspecified atom stereocenters. The molecule has 4 heteroatoms. The lowest BCUT2D eigenvalue weighted by Gasteiger charge is -2.06. The largest absolute Gasteiger partial charge is 0.478 e. The summed E-state index contributed by atoms with van der Waals surface area (Å²) in [6.45, 7) is 4.88. The van der Waals surface area contributed by atoms with Gasteiger partial charge in [-0.3, -0.25) is 0 Å². The molecule has 130 valence electrons. The number of hydrogen-bond acceptors (Lipinski definition) is 4. The smallest absolute Gasteiger partial charge is 0.213 e. The van der Waals surface area contributed by atoms with Gasteiger partial charge in [0.25, 0.3) is 0 Å². The summed E-state index contributed by atoms with van der Waals surface area (Å²) in [4.78, 5) is 12.8. The van der Waals surface area contributed by atoms with E-state index in [1.807, 2.05) is 37.6 Å². The van der Waals surface area contributed by atoms with Crippen LogP contribution in [0, 0.1) is 6.92 Å². The summed E-state index contributed by atoms with van der Waals surface area (Å²) in [6.07, 6.45) is 15.9. The quantitative estimate of drug-likeness (QED) is 0.521. The van der Waals surface area contributed by atoms with Crippen molar-refractivity contribution >= 4 is 0 Å². The second kappa shape index (κ2) is 10.7. The number of aryl methyl sites for hydroxylation is 1. The van der Waals surface area contributed by atoms with E-state index < -0.39 is 0 Å². The van der Waals surface area contributed by atoms with E-state index in [4.69, 9.17) is 4.74 Å². The number of aromatic nitrogens is 3. The molecule has 2 rings (SSSR count). The predicted molar refractivity (Wildman–Crippen MR) is 98.1 cm³/mol. The molecule has 0 fully saturated rings. The number of ether oxygens (including phenoxy) is 1. The Morgan fingerprint density at radius 1 is 0.750 bits per heavy atom. The Morgan fingerprint density at radius 2 is 1.38 bits per heavy atom. The van der Waals surface area contributed by atoms with Gasteiger partial charge in [0.1, 0.15) is 5.82 Å². The normalized spacial score (nSPS) is 10.8. The van der Waals surface area contributed by atoms with E-state index in [9.17, 15) is 0 Å². The van der Waals surface area contributed by atoms with Crippen LogP contribution >= 0.6 is 0 Å². The van der Waals surface area contributed by atoms with Gasteiger partial charge in [-0.05, 0) is 19.4 Å². The van der Waals surface area contributed by atoms with E-state index in [0.29, 0.717) is 5.88 Å². The minimum atomic E-state index is 0.690. The second-order valence-corrected chi connectivity index (χ2v) is 6.23. The summed E-state index contributed by atoms with van der Waals surface area (Å²) >= 11 is 0. The van der Waals surface area contributed by atoms with Gasteiger partial charge in [-0.2, -0.15) is 0 Å². The Labute approximate surface area is 145 Å². The standard InChI is InChI=1S/C20H29N3O/c1-3-4-5-6-7-8-9-10-13-24-20-12-11-18(14-23-20)19-15-21-17(2)22-16-19/h11-12,14-16H,3-10,13H2,1-2H3. The first-order valence-electron chi connectivity index (χ1n) is 9.17. The zero-order valence-electron chi connectivity index (χ0n) is 15.0. The fraction of sp³-hybridized carbons (Fsp3) is 0.550. The minimum absolute atomic E-state index is 0.690. The van der Waals surface area contributed by atoms with Gasteiger partial charge in [0.15, 0.2) is 0 Å². The molecule has 2 aromatic rings. The first-order valence-corrected chi connectivity index (χ1v) is 9.17. The summed E-state index contributed by atoms with van der Waals surface area (Å²) in [7, 11) is 0. The number of hydrogen-bond donors (Lipinski definition) is 0. The van der Waals surface area contributed by atoms with E-state index in [1.165, 1.54) is 44.9 Å². The van der Waals surface area contributed by atoms with Gasteiger partial charge < -0.3 is 4.74 Å². The van der Waals surface area contributed by atoms with Crippen LogP contribution in [-0.4, -0.2) is 21.6 Å². The van der Waals surface area contributed by atoms with Gasteiger partial charge in [0.05, 0.1) is 6.61 Å². The number of rotatable bonds is 11. The highest BCUT2D eigenvalue weighted by Crippen LogP contribution is 2.19. The molecule has 0 amide bonds. The van der Waals surface area contributed by atoms with Gasteiger partial charge in [-0.15, -0.1) is 0 Å². The highest BCUT2D eigenvalue weighted by Gasteiger charge is 2.01. The van der Waals surface area contributed by atoms with Crippen molar-refractivity contribution in [2.24, 2.45) is 0 Å². The second-order valence-electron chi connectivity index (χ2n) is 6.23. The Bertz CT molecular complexity index is 566. The third-order valence-corrected chi connectivity index (χ3v) is 4.10. The molecule has 0 aliphatic rings. The van der Waals surface area contributed by atoms with Gasteiger partial charge in [0, 0.05) is 35.8 Å². The third kappa shape index (κ3) is 6.65. The van der Waals surface area contributed by atoms with Crippen LogP contribution in [0.2, 0.25) is 0 Å². The van der Waals surface area contributed by atoms with Crippen molar-refractivity contribution in [3.63, 3.8) is 0 Å². The number of unbranched alkanes of at least 4 members (excludes halogenated alkanes) is 7. The molecular weight excluding hydrogens is 298 g/mol. The maximum atomic E-state index is 5.72. The number of nitrogens with zero attached hydrogens (tertiary/aromatic N) is 3. The molecule has 2 heterocycles. The molecule has 2 aromatic heterocycles. The van der Waals surface area contributed by atoms with Gasteiger partial charge in [-0.25, -0.2) is 15.0 Å². The summed E-state index contributed by atoms with van der Waals surface area (Å²) in [5, 5.41) is 0. The molecular formula is C20H29N3O. The van der Waals surface area contributed by atoms with E-state index in [-0.39, 0.29) is 0 Å². The molecule has 0 aliphatic heterocycles. The van der Waals surface area contributed by atoms with E-state index in [1.54, 1.807) is 0 Å². The molecule has 0 saturated carbocycles. The summed E-state index contributed by atoms with van der Waals surface area (Å²) in [5.74, 6) is 1.46. The zero-order valence-corrected chi connectivity index (χ0v) is 15.0. The van der Waals surface area contributed by atoms with E-state index in [2.05, 4.69) is 21.9 Å². The molecule has 0 radical (unpaired) electrons. The zero-order chi connectivity index (χ0) is 17.0. The average Bonchev–Trinajstić information content (AvgIpc) is 2.62. The lowest BCUT2D eigenvalue weighted by molar-refractivity contribution is 0.293. The Morgan fingerprint density at radius 3 is 2.00 bits per heavy atom. The van der Waals surface area contributed by atoms with E-state index in [0.717, 1.165) is 30.0 Å². The lowest BCUT2D eigenvalue weighted by atomic mass is 10.1. The van der Waals surface area contributed by atoms with Crippen molar-refractivity contribution in [1.82, 2.24) is 15.0 Å². The van der Waals surface area contributed by atoms with Crippen LogP contribution in [-0.2, 0) is 0 Å². The summed E-state index contributed by atoms with van der Waals surface area (Å²) < 4.78 is 5.72. The third-order valence-electron chi connectivity index (χ3n) is 4.10. The topological polar surface area (TPSA) is 47.9 Å². The monoisotopic (exact) mass is 327 g/mol. The van der Waals surface area contributed by atoms with Gasteiger partial charge in [0.2, 0.25) is 5.88 Å². The average molecular weight is 327 g/mol. The summed E-state index contributed by atoms with van der Waals surface area (Å²) in [6, 6.07) is 3.92. The minimum Gasteiger partial charge on any atom is -0.478 e. The van der Waals surface area contributed by atoms with Crippen LogP contribution in [0.1, 0.15) is 64.1 Å². The van der Waals surface area contributed by atoms with Crippen molar-refractivity contribution in [3.8, 4) is 17.0 Å². The first-order chi connectivity index (χ1) is 11.8. The number of pyridine rings is 1. The van der Waals surface area contributed by atoms with Gasteiger partial charge >= 0.3 is 0 Å². The Hall–Kier alpha value is -1.97. The Balaban J connectivity index is 1.63. The van der Waals surface area contributed by atoms with Crippen LogP contribution in [0.5, 0.6) is 5.88 Å². The summed E-state index contributed by atoms with van der Waals surface area (Å²) in [5.41, 5.74) is 1.98. The molecule has 24 heavy (non-hydrogen) atoms. The maximum absolute atomic E-state index is 5.72. The predicted octanol–water partition coefficient (Wildman–Crippen LogP) is 5.37. The molecule has 0 aliphatic carbocycles. The van der Waals surface area contributed by atoms with Crippen molar-refractivity contribution in [3.05, 3.63) is 36.5 Å². The van der Waals surface area contributed by atoms with E-state index >= 15 is 0 Å². The molecule has 0 saturated heterocycles. The lowest BCUT2D eigenvalue weighted by Crippen LogP contribution is -1.99. The molecule has 0 atom stereocenters. The van der Waals surface area contributed by atoms with Crippen LogP contribution < -0.4 is 4.74 Å². The molecule has 0 spiro atoms. The maximum Gasteiger partial charge on any atom is 0.213 e. The molecule has 4 nitrogen and oxygen atoms in total. The van der Waals surface area contributed by atoms with Crippen LogP contribution in [0.25, 0.3) is 11.1 Å². The fourth-order valence-electron chi connectivity index (χ4n) is 2.59. The SMILES string of the molecule is CCCCCCCCCCOc1ccc(-c2cnc(C)nc2)cn1. The van der Waals surface area contributed by atoms with Crippen molar-refractivity contribution in [2.75, 3.05) is 6.61 Å². The van der Waals surface area contributed by atoms with Crippen molar-refractivity contribution < 1.29 is 4.74 Å². The van der Waals surface area contributed by atoms with Gasteiger partial charge in [-0.1, -0.05) is 51.9 Å². The highest BCUT2D eigenvalue weighted by molar-refractivity contribution is 5.60. The highest BCUT2D eigenvalue weighted by atomic mass is 16.5. The fourth-order valence-corrected chi connectivity index (χ4v) is 2.59. The molecule has 0 bridgehead atoms. The van der Waals surface area contributed by atoms with Crippen LogP contribution in [0.3, 0.4) is 0 Å². The first kappa shape index (κ1) is 18.4. The van der Waals surface area contributed by atoms with Crippen molar-refractivity contribution in [2.45, 2.75) is 65.2 Å². The Kier molecular flexibility index (Phi) is 8.22. The molecule has 0 aromatic carbocycles.